The van der Waals surface area contributed by atoms with Gasteiger partial charge in [0.25, 0.3) is 0 Å². The number of halogens is 3. The van der Waals surface area contributed by atoms with Crippen LogP contribution in [0.4, 0.5) is 13.6 Å². The summed E-state index contributed by atoms with van der Waals surface area (Å²) in [6.45, 7) is 44.1. The molecule has 143 heavy (non-hydrogen) atoms. The number of thiophene rings is 1. The van der Waals surface area contributed by atoms with Crippen molar-refractivity contribution in [2.75, 3.05) is 85.1 Å². The number of phenols is 1. The summed E-state index contributed by atoms with van der Waals surface area (Å²) >= 11 is 7.54. The molecular formula is C122H154ClF2N13O4S. The van der Waals surface area contributed by atoms with Crippen LogP contribution in [-0.4, -0.2) is 149 Å². The molecule has 8 heterocycles. The molecule has 7 fully saturated rings. The maximum atomic E-state index is 14.5. The molecule has 1 saturated carbocycles. The first-order valence-electron chi connectivity index (χ1n) is 51.6. The van der Waals surface area contributed by atoms with Gasteiger partial charge in [0.1, 0.15) is 18.1 Å². The number of amides is 2. The second-order valence-electron chi connectivity index (χ2n) is 46.0. The number of aromatic nitrogens is 1. The zero-order valence-electron chi connectivity index (χ0n) is 87.5. The molecule has 6 aliphatic heterocycles. The Balaban J connectivity index is 0.000000164. The number of hydrogen-bond donors (Lipinski definition) is 1. The maximum absolute atomic E-state index is 14.5. The first-order chi connectivity index (χ1) is 68.1. The number of hydrogen-bond acceptors (Lipinski definition) is 16. The highest BCUT2D eigenvalue weighted by atomic mass is 35.5. The number of likely N-dealkylation sites (tertiary alicyclic amines) is 6. The Kier molecular flexibility index (Phi) is 40.1. The van der Waals surface area contributed by atoms with Gasteiger partial charge in [0, 0.05) is 138 Å². The van der Waals surface area contributed by atoms with E-state index in [0.29, 0.717) is 89.4 Å². The average Bonchev–Trinajstić information content (AvgIpc) is 1.63. The Labute approximate surface area is 862 Å². The second-order valence-corrected chi connectivity index (χ2v) is 47.5. The van der Waals surface area contributed by atoms with Gasteiger partial charge in [-0.2, -0.15) is 31.6 Å². The van der Waals surface area contributed by atoms with E-state index < -0.39 is 23.2 Å². The van der Waals surface area contributed by atoms with Gasteiger partial charge in [0.2, 0.25) is 5.91 Å². The molecule has 4 atom stereocenters. The summed E-state index contributed by atoms with van der Waals surface area (Å²) in [7, 11) is 0. The standard InChI is InChI=1S/C24H30N2O.C21H26ClN3S.2C21H23FN2.C19H26N2O.C16H26N2O2/c1-23(2,3)24(11-14-25)12-15-26(16-13-24)18-19-9-10-21(22(27)17-19)20-7-5-4-6-8-20;1-20(2,3)21(6-9-23)7-10-25(11-8-21)14-16-4-5-18(24-13-16)17-12-19(22)26-15-17;2*1-21(11-13-23)12-14-24(16-20(21)22)15-17-7-9-19(10-8-17)18-5-3-2-4-6-18;1-18(2,3)19(9-12-20)10-13-21(14-11-19)17(22)15-16-7-5-4-6-8-16;1-15(2,3)16(6-9-17)7-10-18(11-8-16)14(19)20-12-13-4-5-13/h4-10,17,27H,11-13,15-16,18H2,1-3H3;4-5,12-13,15H,6-8,10-11,14H2,1-3H3;2*2-10,20H,11-12,14-16H2,1H3;4-8H,9-11,13-15H2,1-3H3;13H,4-8,10-12H2,1-3H3/t;;20-,21+;20-,21-;;/m..00../s1. The molecule has 758 valence electrons. The van der Waals surface area contributed by atoms with E-state index in [9.17, 15) is 39.3 Å². The Bertz CT molecular complexity index is 5640. The smallest absolute Gasteiger partial charge is 0.409 e. The van der Waals surface area contributed by atoms with Crippen molar-refractivity contribution in [3.8, 4) is 86.8 Å². The summed E-state index contributed by atoms with van der Waals surface area (Å²) < 4.78 is 35.1. The number of alkyl halides is 2. The van der Waals surface area contributed by atoms with E-state index in [1.54, 1.807) is 0 Å². The quantitative estimate of drug-likeness (QED) is 0.0664. The largest absolute Gasteiger partial charge is 0.507 e. The summed E-state index contributed by atoms with van der Waals surface area (Å²) in [5.74, 6) is 1.14. The van der Waals surface area contributed by atoms with Gasteiger partial charge in [-0.1, -0.05) is 297 Å². The number of ether oxygens (including phenoxy) is 1. The number of carbonyl (C=O) groups is 2. The number of carbonyl (C=O) groups excluding carboxylic acids is 2. The van der Waals surface area contributed by atoms with Gasteiger partial charge in [-0.3, -0.25) is 29.4 Å². The molecule has 0 bridgehead atoms. The lowest BCUT2D eigenvalue weighted by atomic mass is 9.60. The monoisotopic (exact) mass is 1970 g/mol. The maximum Gasteiger partial charge on any atom is 0.409 e. The van der Waals surface area contributed by atoms with Gasteiger partial charge in [0.15, 0.2) is 0 Å². The topological polar surface area (TPSA) is 239 Å². The van der Waals surface area contributed by atoms with Gasteiger partial charge in [0.05, 0.1) is 59.5 Å². The number of piperidine rings is 6. The predicted octanol–water partition coefficient (Wildman–Crippen LogP) is 28.6. The third kappa shape index (κ3) is 31.0. The average molecular weight is 1970 g/mol. The Hall–Kier alpha value is -11.1. The van der Waals surface area contributed by atoms with E-state index >= 15 is 0 Å². The second kappa shape index (κ2) is 51.1. The molecule has 2 amide bonds. The van der Waals surface area contributed by atoms with Crippen LogP contribution in [-0.2, 0) is 42.1 Å². The Morgan fingerprint density at radius 3 is 1.10 bits per heavy atom. The molecule has 0 radical (unpaired) electrons. The number of nitriles is 6. The van der Waals surface area contributed by atoms with Crippen LogP contribution in [0.25, 0.3) is 44.6 Å². The summed E-state index contributed by atoms with van der Waals surface area (Å²) in [6, 6.07) is 83.5. The van der Waals surface area contributed by atoms with Crippen LogP contribution >= 0.6 is 22.9 Å². The van der Waals surface area contributed by atoms with Gasteiger partial charge in [-0.15, -0.1) is 11.3 Å². The minimum Gasteiger partial charge on any atom is -0.507 e. The molecular weight excluding hydrogens is 1820 g/mol. The fraction of sp³-hybridized carbons (Fsp3) is 0.516. The number of pyridine rings is 1. The van der Waals surface area contributed by atoms with E-state index in [1.165, 1.54) is 63.1 Å². The van der Waals surface area contributed by atoms with E-state index in [4.69, 9.17) is 32.1 Å². The molecule has 9 aromatic rings. The molecule has 7 aliphatic rings. The number of aromatic hydroxyl groups is 1. The highest BCUT2D eigenvalue weighted by molar-refractivity contribution is 7.14. The fourth-order valence-corrected chi connectivity index (χ4v) is 22.1. The van der Waals surface area contributed by atoms with Crippen molar-refractivity contribution in [2.24, 2.45) is 60.1 Å². The van der Waals surface area contributed by atoms with Gasteiger partial charge < -0.3 is 19.6 Å². The molecule has 7 aromatic carbocycles. The van der Waals surface area contributed by atoms with Crippen LogP contribution in [0, 0.1) is 128 Å². The first-order valence-corrected chi connectivity index (χ1v) is 52.9. The van der Waals surface area contributed by atoms with E-state index in [2.05, 4.69) is 235 Å². The van der Waals surface area contributed by atoms with Crippen LogP contribution in [0.1, 0.15) is 240 Å². The summed E-state index contributed by atoms with van der Waals surface area (Å²) in [5, 5.41) is 67.2. The van der Waals surface area contributed by atoms with E-state index in [0.717, 1.165) is 181 Å². The molecule has 21 heteroatoms. The lowest BCUT2D eigenvalue weighted by Gasteiger charge is -2.49. The van der Waals surface area contributed by atoms with Gasteiger partial charge >= 0.3 is 6.09 Å². The SMILES string of the molecule is CC(C)(C)C1(CC#N)CCN(C(=O)Cc2ccccc2)CC1.CC(C)(C)C1(CC#N)CCN(C(=O)OCC2CC2)CC1.CC(C)(C)C1(CC#N)CCN(Cc2ccc(-c3ccccc3)c(O)c2)CC1.CC(C)(C)C1(CC#N)CCN(Cc2ccc(-c3csc(Cl)c3)nc2)CC1.C[C@@]1(CC#N)CCN(Cc2ccc(-c3ccccc3)cc2)C[C@@H]1F.C[C@]1(CC#N)CCN(Cc2ccc(-c3ccccc3)cc2)C[C@@H]1F. The third-order valence-corrected chi connectivity index (χ3v) is 34.0. The zero-order valence-corrected chi connectivity index (χ0v) is 89.1. The number of nitrogens with zero attached hydrogens (tertiary/aromatic N) is 13. The predicted molar refractivity (Wildman–Crippen MR) is 574 cm³/mol. The van der Waals surface area contributed by atoms with Crippen LogP contribution in [0.3, 0.4) is 0 Å². The van der Waals surface area contributed by atoms with Crippen molar-refractivity contribution < 1.29 is 28.2 Å². The lowest BCUT2D eigenvalue weighted by Crippen LogP contribution is -2.48. The van der Waals surface area contributed by atoms with Crippen molar-refractivity contribution in [1.29, 1.82) is 31.6 Å². The summed E-state index contributed by atoms with van der Waals surface area (Å²) in [4.78, 5) is 42.1. The van der Waals surface area contributed by atoms with Crippen LogP contribution in [0.5, 0.6) is 5.75 Å². The van der Waals surface area contributed by atoms with Crippen LogP contribution in [0.2, 0.25) is 4.34 Å². The van der Waals surface area contributed by atoms with E-state index in [1.807, 2.05) is 150 Å². The van der Waals surface area contributed by atoms with Crippen molar-refractivity contribution in [3.63, 3.8) is 0 Å². The Morgan fingerprint density at radius 1 is 0.406 bits per heavy atom. The summed E-state index contributed by atoms with van der Waals surface area (Å²) in [6.07, 6.45) is 15.2. The number of benzene rings is 7. The summed E-state index contributed by atoms with van der Waals surface area (Å²) in [5.41, 5.74) is 14.4. The third-order valence-electron chi connectivity index (χ3n) is 32.9. The van der Waals surface area contributed by atoms with Crippen molar-refractivity contribution in [3.05, 3.63) is 250 Å². The highest BCUT2D eigenvalue weighted by Crippen LogP contribution is 2.54. The normalized spacial score (nSPS) is 20.6. The molecule has 16 rings (SSSR count). The molecule has 0 unspecified atom stereocenters. The first kappa shape index (κ1) is 112. The Morgan fingerprint density at radius 2 is 0.748 bits per heavy atom. The molecule has 1 aliphatic carbocycles. The highest BCUT2D eigenvalue weighted by Gasteiger charge is 2.49. The van der Waals surface area contributed by atoms with Gasteiger partial charge in [-0.25, -0.2) is 13.6 Å². The molecule has 6 saturated heterocycles. The molecule has 2 aromatic heterocycles. The van der Waals surface area contributed by atoms with Crippen molar-refractivity contribution >= 4 is 34.9 Å². The lowest BCUT2D eigenvalue weighted by molar-refractivity contribution is -0.134. The van der Waals surface area contributed by atoms with Crippen molar-refractivity contribution in [2.45, 2.75) is 257 Å². The number of rotatable bonds is 22. The molecule has 0 spiro atoms. The zero-order chi connectivity index (χ0) is 103. The molecule has 1 N–H and O–H groups in total. The van der Waals surface area contributed by atoms with Crippen molar-refractivity contribution in [1.82, 2.24) is 34.4 Å². The van der Waals surface area contributed by atoms with Gasteiger partial charge in [-0.05, 0) is 239 Å². The minimum atomic E-state index is -0.936. The number of phenolic OH excluding ortho intramolecular Hbond substituents is 1. The minimum absolute atomic E-state index is 0.0228. The van der Waals surface area contributed by atoms with Crippen LogP contribution in [0.15, 0.2) is 218 Å². The molecule has 17 nitrogen and oxygen atoms in total. The van der Waals surface area contributed by atoms with E-state index in [-0.39, 0.29) is 55.3 Å². The fourth-order valence-electron chi connectivity index (χ4n) is 21.2. The van der Waals surface area contributed by atoms with Crippen LogP contribution < -0.4 is 0 Å².